The lowest BCUT2D eigenvalue weighted by Gasteiger charge is -2.25. The molecule has 1 aromatic heterocycles. The van der Waals surface area contributed by atoms with Gasteiger partial charge in [0, 0.05) is 6.54 Å². The van der Waals surface area contributed by atoms with Crippen LogP contribution in [0.1, 0.15) is 17.4 Å². The number of amides is 2. The van der Waals surface area contributed by atoms with E-state index in [0.29, 0.717) is 13.1 Å². The molecule has 0 saturated carbocycles. The van der Waals surface area contributed by atoms with Crippen molar-refractivity contribution in [2.45, 2.75) is 12.6 Å². The molecule has 2 rings (SSSR count). The maximum Gasteiger partial charge on any atom is 0.315 e. The number of furan rings is 1. The van der Waals surface area contributed by atoms with E-state index in [0.717, 1.165) is 17.1 Å². The summed E-state index contributed by atoms with van der Waals surface area (Å²) < 4.78 is 10.3. The summed E-state index contributed by atoms with van der Waals surface area (Å²) in [5.41, 5.74) is 1.11. The van der Waals surface area contributed by atoms with Gasteiger partial charge in [0.1, 0.15) is 11.5 Å². The minimum absolute atomic E-state index is 0.0790. The normalized spacial score (nSPS) is 12.0. The molecule has 0 aliphatic rings. The van der Waals surface area contributed by atoms with Gasteiger partial charge >= 0.3 is 6.03 Å². The van der Waals surface area contributed by atoms with Crippen LogP contribution in [0.5, 0.6) is 5.75 Å². The molecule has 0 saturated heterocycles. The van der Waals surface area contributed by atoms with Crippen molar-refractivity contribution in [1.82, 2.24) is 15.5 Å². The smallest absolute Gasteiger partial charge is 0.315 e. The van der Waals surface area contributed by atoms with E-state index in [9.17, 15) is 4.79 Å². The molecule has 2 aromatic rings. The Morgan fingerprint density at radius 1 is 1.22 bits per heavy atom. The lowest BCUT2D eigenvalue weighted by atomic mass is 10.1. The summed E-state index contributed by atoms with van der Waals surface area (Å²) in [4.78, 5) is 14.0. The highest BCUT2D eigenvalue weighted by Crippen LogP contribution is 2.20. The molecule has 0 radical (unpaired) electrons. The summed E-state index contributed by atoms with van der Waals surface area (Å²) in [6.07, 6.45) is 1.58. The summed E-state index contributed by atoms with van der Waals surface area (Å²) in [7, 11) is 5.61. The SMILES string of the molecule is COc1ccc(C(CNC(=O)NCc2ccco2)N(C)C)cc1. The first-order valence-electron chi connectivity index (χ1n) is 7.44. The first kappa shape index (κ1) is 16.9. The Balaban J connectivity index is 1.87. The third kappa shape index (κ3) is 5.03. The van der Waals surface area contributed by atoms with E-state index in [1.807, 2.05) is 44.4 Å². The van der Waals surface area contributed by atoms with Gasteiger partial charge in [0.15, 0.2) is 0 Å². The predicted molar refractivity (Wildman–Crippen MR) is 88.4 cm³/mol. The Morgan fingerprint density at radius 3 is 2.52 bits per heavy atom. The van der Waals surface area contributed by atoms with Crippen molar-refractivity contribution in [2.24, 2.45) is 0 Å². The second-order valence-corrected chi connectivity index (χ2v) is 5.40. The lowest BCUT2D eigenvalue weighted by molar-refractivity contribution is 0.231. The minimum atomic E-state index is -0.221. The Morgan fingerprint density at radius 2 is 1.96 bits per heavy atom. The molecular formula is C17H23N3O3. The highest BCUT2D eigenvalue weighted by molar-refractivity contribution is 5.73. The molecule has 1 aromatic carbocycles. The average Bonchev–Trinajstić information content (AvgIpc) is 3.07. The number of carbonyl (C=O) groups excluding carboxylic acids is 1. The zero-order valence-corrected chi connectivity index (χ0v) is 13.7. The largest absolute Gasteiger partial charge is 0.497 e. The summed E-state index contributed by atoms with van der Waals surface area (Å²) in [6.45, 7) is 0.872. The van der Waals surface area contributed by atoms with Crippen molar-refractivity contribution in [3.63, 3.8) is 0 Å². The van der Waals surface area contributed by atoms with Crippen LogP contribution in [-0.4, -0.2) is 38.7 Å². The lowest BCUT2D eigenvalue weighted by Crippen LogP contribution is -2.40. The third-order valence-corrected chi connectivity index (χ3v) is 3.58. The number of likely N-dealkylation sites (N-methyl/N-ethyl adjacent to an activating group) is 1. The summed E-state index contributed by atoms with van der Waals surface area (Å²) >= 11 is 0. The van der Waals surface area contributed by atoms with Crippen molar-refractivity contribution in [2.75, 3.05) is 27.7 Å². The number of urea groups is 1. The molecule has 0 fully saturated rings. The number of rotatable bonds is 7. The van der Waals surface area contributed by atoms with E-state index >= 15 is 0 Å². The molecule has 1 unspecified atom stereocenters. The summed E-state index contributed by atoms with van der Waals surface area (Å²) in [5.74, 6) is 1.54. The number of nitrogens with one attached hydrogen (secondary N) is 2. The molecule has 23 heavy (non-hydrogen) atoms. The van der Waals surface area contributed by atoms with Crippen LogP contribution in [0.15, 0.2) is 47.1 Å². The molecule has 0 spiro atoms. The predicted octanol–water partition coefficient (Wildman–Crippen LogP) is 2.39. The molecule has 2 N–H and O–H groups in total. The quantitative estimate of drug-likeness (QED) is 0.823. The molecule has 6 nitrogen and oxygen atoms in total. The second kappa shape index (κ2) is 8.24. The van der Waals surface area contributed by atoms with E-state index in [1.165, 1.54) is 0 Å². The van der Waals surface area contributed by atoms with E-state index in [2.05, 4.69) is 15.5 Å². The molecule has 1 heterocycles. The molecule has 2 amide bonds. The van der Waals surface area contributed by atoms with Gasteiger partial charge in [-0.3, -0.25) is 0 Å². The van der Waals surface area contributed by atoms with Crippen molar-refractivity contribution in [3.8, 4) is 5.75 Å². The number of methoxy groups -OCH3 is 1. The van der Waals surface area contributed by atoms with E-state index in [1.54, 1.807) is 19.4 Å². The van der Waals surface area contributed by atoms with Crippen LogP contribution in [0.3, 0.4) is 0 Å². The zero-order chi connectivity index (χ0) is 16.7. The van der Waals surface area contributed by atoms with Crippen molar-refractivity contribution in [3.05, 3.63) is 54.0 Å². The Bertz CT molecular complexity index is 594. The van der Waals surface area contributed by atoms with Gasteiger partial charge in [0.2, 0.25) is 0 Å². The van der Waals surface area contributed by atoms with E-state index in [4.69, 9.17) is 9.15 Å². The van der Waals surface area contributed by atoms with Crippen LogP contribution >= 0.6 is 0 Å². The Labute approximate surface area is 136 Å². The first-order valence-corrected chi connectivity index (χ1v) is 7.44. The third-order valence-electron chi connectivity index (χ3n) is 3.58. The van der Waals surface area contributed by atoms with Gasteiger partial charge in [-0.15, -0.1) is 0 Å². The van der Waals surface area contributed by atoms with Crippen LogP contribution in [0.4, 0.5) is 4.79 Å². The Hall–Kier alpha value is -2.47. The fourth-order valence-electron chi connectivity index (χ4n) is 2.26. The van der Waals surface area contributed by atoms with Crippen LogP contribution in [0.2, 0.25) is 0 Å². The monoisotopic (exact) mass is 317 g/mol. The van der Waals surface area contributed by atoms with Gasteiger partial charge in [-0.05, 0) is 43.9 Å². The second-order valence-electron chi connectivity index (χ2n) is 5.40. The van der Waals surface area contributed by atoms with Crippen molar-refractivity contribution < 1.29 is 13.9 Å². The van der Waals surface area contributed by atoms with Gasteiger partial charge in [0.05, 0.1) is 26.0 Å². The first-order chi connectivity index (χ1) is 11.1. The highest BCUT2D eigenvalue weighted by atomic mass is 16.5. The van der Waals surface area contributed by atoms with Crippen LogP contribution in [0.25, 0.3) is 0 Å². The van der Waals surface area contributed by atoms with Gasteiger partial charge in [-0.1, -0.05) is 12.1 Å². The standard InChI is InChI=1S/C17H23N3O3/c1-20(2)16(13-6-8-14(22-3)9-7-13)12-19-17(21)18-11-15-5-4-10-23-15/h4-10,16H,11-12H2,1-3H3,(H2,18,19,21). The molecule has 0 aliphatic heterocycles. The number of carbonyl (C=O) groups is 1. The average molecular weight is 317 g/mol. The van der Waals surface area contributed by atoms with Crippen molar-refractivity contribution in [1.29, 1.82) is 0 Å². The number of nitrogens with zero attached hydrogens (tertiary/aromatic N) is 1. The highest BCUT2D eigenvalue weighted by Gasteiger charge is 2.15. The number of ether oxygens (including phenoxy) is 1. The van der Waals surface area contributed by atoms with E-state index in [-0.39, 0.29) is 12.1 Å². The molecule has 0 aliphatic carbocycles. The maximum atomic E-state index is 11.9. The van der Waals surface area contributed by atoms with Crippen LogP contribution in [-0.2, 0) is 6.54 Å². The topological polar surface area (TPSA) is 66.7 Å². The number of hydrogen-bond acceptors (Lipinski definition) is 4. The summed E-state index contributed by atoms with van der Waals surface area (Å²) in [5, 5.41) is 5.66. The Kier molecular flexibility index (Phi) is 6.05. The van der Waals surface area contributed by atoms with Crippen LogP contribution < -0.4 is 15.4 Å². The van der Waals surface area contributed by atoms with Gasteiger partial charge in [-0.2, -0.15) is 0 Å². The minimum Gasteiger partial charge on any atom is -0.497 e. The van der Waals surface area contributed by atoms with Gasteiger partial charge < -0.3 is 24.7 Å². The van der Waals surface area contributed by atoms with E-state index < -0.39 is 0 Å². The molecular weight excluding hydrogens is 294 g/mol. The fourth-order valence-corrected chi connectivity index (χ4v) is 2.26. The van der Waals surface area contributed by atoms with Gasteiger partial charge in [0.25, 0.3) is 0 Å². The zero-order valence-electron chi connectivity index (χ0n) is 13.7. The summed E-state index contributed by atoms with van der Waals surface area (Å²) in [6, 6.07) is 11.3. The van der Waals surface area contributed by atoms with Crippen molar-refractivity contribution >= 4 is 6.03 Å². The number of hydrogen-bond donors (Lipinski definition) is 2. The maximum absolute atomic E-state index is 11.9. The molecule has 0 bridgehead atoms. The van der Waals surface area contributed by atoms with Crippen LogP contribution in [0, 0.1) is 0 Å². The molecule has 6 heteroatoms. The fraction of sp³-hybridized carbons (Fsp3) is 0.353. The molecule has 124 valence electrons. The molecule has 1 atom stereocenters. The van der Waals surface area contributed by atoms with Gasteiger partial charge in [-0.25, -0.2) is 4.79 Å². The number of benzene rings is 1.